The van der Waals surface area contributed by atoms with Crippen molar-refractivity contribution in [3.8, 4) is 0 Å². The highest BCUT2D eigenvalue weighted by Crippen LogP contribution is 2.34. The Balaban J connectivity index is 2.84. The lowest BCUT2D eigenvalue weighted by Gasteiger charge is -2.24. The Kier molecular flexibility index (Phi) is 2.72. The van der Waals surface area contributed by atoms with E-state index in [4.69, 9.17) is 17.3 Å². The average molecular weight is 237 g/mol. The minimum atomic E-state index is -0.0680. The normalized spacial score (nSPS) is 12.3. The first-order chi connectivity index (χ1) is 7.49. The van der Waals surface area contributed by atoms with Crippen LogP contribution in [0.3, 0.4) is 0 Å². The van der Waals surface area contributed by atoms with E-state index < -0.39 is 0 Å². The van der Waals surface area contributed by atoms with Gasteiger partial charge in [-0.3, -0.25) is 0 Å². The van der Waals surface area contributed by atoms with Gasteiger partial charge in [-0.15, -0.1) is 0 Å². The van der Waals surface area contributed by atoms with Gasteiger partial charge in [0.15, 0.2) is 0 Å². The number of rotatable bonds is 2. The summed E-state index contributed by atoms with van der Waals surface area (Å²) in [7, 11) is 0. The second kappa shape index (κ2) is 3.79. The standard InChI is InChI=1S/C13H17ClN2/c1-9-11(14)10-6-4-5-7-16(10)12(9)13(2,3)8-15/h4-7H,8,15H2,1-3H3. The van der Waals surface area contributed by atoms with Crippen LogP contribution >= 0.6 is 11.6 Å². The molecule has 86 valence electrons. The van der Waals surface area contributed by atoms with Gasteiger partial charge < -0.3 is 10.1 Å². The average Bonchev–Trinajstić information content (AvgIpc) is 2.53. The van der Waals surface area contributed by atoms with Crippen LogP contribution in [0.2, 0.25) is 5.02 Å². The predicted octanol–water partition coefficient (Wildman–Crippen LogP) is 3.14. The number of halogens is 1. The van der Waals surface area contributed by atoms with Crippen molar-refractivity contribution in [2.75, 3.05) is 6.54 Å². The van der Waals surface area contributed by atoms with Gasteiger partial charge in [0.2, 0.25) is 0 Å². The van der Waals surface area contributed by atoms with E-state index in [1.165, 1.54) is 5.69 Å². The van der Waals surface area contributed by atoms with E-state index in [9.17, 15) is 0 Å². The van der Waals surface area contributed by atoms with Crippen molar-refractivity contribution in [3.63, 3.8) is 0 Å². The summed E-state index contributed by atoms with van der Waals surface area (Å²) in [5.41, 5.74) is 9.17. The Morgan fingerprint density at radius 1 is 1.38 bits per heavy atom. The number of fused-ring (bicyclic) bond motifs is 1. The fourth-order valence-electron chi connectivity index (χ4n) is 2.22. The van der Waals surface area contributed by atoms with Crippen LogP contribution in [-0.2, 0) is 5.41 Å². The molecule has 2 rings (SSSR count). The maximum absolute atomic E-state index is 6.35. The molecule has 0 aliphatic heterocycles. The number of hydrogen-bond donors (Lipinski definition) is 1. The van der Waals surface area contributed by atoms with E-state index in [1.54, 1.807) is 0 Å². The summed E-state index contributed by atoms with van der Waals surface area (Å²) >= 11 is 6.35. The molecule has 3 heteroatoms. The highest BCUT2D eigenvalue weighted by molar-refractivity contribution is 6.35. The summed E-state index contributed by atoms with van der Waals surface area (Å²) in [6.45, 7) is 6.95. The van der Waals surface area contributed by atoms with Crippen molar-refractivity contribution in [3.05, 3.63) is 40.7 Å². The lowest BCUT2D eigenvalue weighted by Crippen LogP contribution is -2.30. The molecule has 0 fully saturated rings. The number of hydrogen-bond acceptors (Lipinski definition) is 1. The Bertz CT molecular complexity index is 526. The van der Waals surface area contributed by atoms with E-state index >= 15 is 0 Å². The number of nitrogens with zero attached hydrogens (tertiary/aromatic N) is 1. The fourth-order valence-corrected chi connectivity index (χ4v) is 2.47. The number of pyridine rings is 1. The van der Waals surface area contributed by atoms with Crippen LogP contribution in [0.1, 0.15) is 25.1 Å². The molecule has 0 amide bonds. The van der Waals surface area contributed by atoms with Crippen LogP contribution < -0.4 is 5.73 Å². The van der Waals surface area contributed by atoms with Gasteiger partial charge in [0.1, 0.15) is 0 Å². The molecule has 0 saturated carbocycles. The third-order valence-corrected chi connectivity index (χ3v) is 3.64. The maximum Gasteiger partial charge on any atom is 0.0693 e. The van der Waals surface area contributed by atoms with Crippen molar-refractivity contribution in [2.24, 2.45) is 5.73 Å². The SMILES string of the molecule is Cc1c(Cl)c2ccccn2c1C(C)(C)CN. The van der Waals surface area contributed by atoms with Crippen LogP contribution in [0, 0.1) is 6.92 Å². The van der Waals surface area contributed by atoms with Gasteiger partial charge in [-0.1, -0.05) is 31.5 Å². The molecule has 0 bridgehead atoms. The van der Waals surface area contributed by atoms with E-state index in [0.29, 0.717) is 6.54 Å². The highest BCUT2D eigenvalue weighted by atomic mass is 35.5. The molecule has 2 nitrogen and oxygen atoms in total. The maximum atomic E-state index is 6.35. The molecule has 0 spiro atoms. The zero-order chi connectivity index (χ0) is 11.9. The molecule has 2 N–H and O–H groups in total. The minimum Gasteiger partial charge on any atom is -0.330 e. The quantitative estimate of drug-likeness (QED) is 0.853. The molecule has 0 aliphatic carbocycles. The van der Waals surface area contributed by atoms with Gasteiger partial charge in [0.25, 0.3) is 0 Å². The monoisotopic (exact) mass is 236 g/mol. The molecular formula is C13H17ClN2. The van der Waals surface area contributed by atoms with Gasteiger partial charge >= 0.3 is 0 Å². The Morgan fingerprint density at radius 2 is 2.06 bits per heavy atom. The summed E-state index contributed by atoms with van der Waals surface area (Å²) in [6, 6.07) is 6.05. The summed E-state index contributed by atoms with van der Waals surface area (Å²) in [4.78, 5) is 0. The van der Waals surface area contributed by atoms with Gasteiger partial charge in [0, 0.05) is 23.9 Å². The van der Waals surface area contributed by atoms with Crippen molar-refractivity contribution >= 4 is 17.1 Å². The molecule has 0 atom stereocenters. The van der Waals surface area contributed by atoms with Crippen LogP contribution in [0.4, 0.5) is 0 Å². The Morgan fingerprint density at radius 3 is 2.69 bits per heavy atom. The summed E-state index contributed by atoms with van der Waals surface area (Å²) in [6.07, 6.45) is 2.04. The van der Waals surface area contributed by atoms with Crippen molar-refractivity contribution in [1.82, 2.24) is 4.40 Å². The first-order valence-electron chi connectivity index (χ1n) is 5.44. The first kappa shape index (κ1) is 11.5. The van der Waals surface area contributed by atoms with Crippen molar-refractivity contribution in [1.29, 1.82) is 0 Å². The number of nitrogens with two attached hydrogens (primary N) is 1. The Labute approximate surface area is 101 Å². The first-order valence-corrected chi connectivity index (χ1v) is 5.82. The molecule has 0 saturated heterocycles. The van der Waals surface area contributed by atoms with Gasteiger partial charge in [-0.05, 0) is 24.6 Å². The van der Waals surface area contributed by atoms with Crippen molar-refractivity contribution < 1.29 is 0 Å². The van der Waals surface area contributed by atoms with E-state index in [2.05, 4.69) is 25.2 Å². The molecule has 0 radical (unpaired) electrons. The lowest BCUT2D eigenvalue weighted by atomic mass is 9.87. The molecular weight excluding hydrogens is 220 g/mol. The highest BCUT2D eigenvalue weighted by Gasteiger charge is 2.26. The van der Waals surface area contributed by atoms with E-state index in [1.807, 2.05) is 24.4 Å². The number of aromatic nitrogens is 1. The third-order valence-electron chi connectivity index (χ3n) is 3.16. The molecule has 2 heterocycles. The second-order valence-electron chi connectivity index (χ2n) is 4.83. The molecule has 2 aromatic rings. The molecule has 0 aromatic carbocycles. The zero-order valence-electron chi connectivity index (χ0n) is 9.92. The molecule has 0 aliphatic rings. The smallest absolute Gasteiger partial charge is 0.0693 e. The minimum absolute atomic E-state index is 0.0680. The fraction of sp³-hybridized carbons (Fsp3) is 0.385. The third kappa shape index (κ3) is 1.53. The van der Waals surface area contributed by atoms with Gasteiger partial charge in [-0.25, -0.2) is 0 Å². The van der Waals surface area contributed by atoms with Crippen LogP contribution in [0.25, 0.3) is 5.52 Å². The van der Waals surface area contributed by atoms with Crippen LogP contribution in [0.15, 0.2) is 24.4 Å². The zero-order valence-corrected chi connectivity index (χ0v) is 10.7. The summed E-state index contributed by atoms with van der Waals surface area (Å²) < 4.78 is 2.14. The predicted molar refractivity (Wildman–Crippen MR) is 69.2 cm³/mol. The second-order valence-corrected chi connectivity index (χ2v) is 5.21. The topological polar surface area (TPSA) is 30.4 Å². The van der Waals surface area contributed by atoms with E-state index in [-0.39, 0.29) is 5.41 Å². The van der Waals surface area contributed by atoms with Crippen LogP contribution in [-0.4, -0.2) is 10.9 Å². The summed E-state index contributed by atoms with van der Waals surface area (Å²) in [5, 5.41) is 0.831. The molecule has 2 aromatic heterocycles. The van der Waals surface area contributed by atoms with Gasteiger partial charge in [0.05, 0.1) is 10.5 Å². The van der Waals surface area contributed by atoms with Gasteiger partial charge in [-0.2, -0.15) is 0 Å². The molecule has 16 heavy (non-hydrogen) atoms. The molecule has 0 unspecified atom stereocenters. The van der Waals surface area contributed by atoms with Crippen LogP contribution in [0.5, 0.6) is 0 Å². The largest absolute Gasteiger partial charge is 0.330 e. The van der Waals surface area contributed by atoms with Crippen molar-refractivity contribution in [2.45, 2.75) is 26.2 Å². The Hall–Kier alpha value is -0.990. The summed E-state index contributed by atoms with van der Waals surface area (Å²) in [5.74, 6) is 0. The lowest BCUT2D eigenvalue weighted by molar-refractivity contribution is 0.514. The van der Waals surface area contributed by atoms with E-state index in [0.717, 1.165) is 16.1 Å².